The van der Waals surface area contributed by atoms with Crippen molar-refractivity contribution in [3.8, 4) is 17.2 Å². The summed E-state index contributed by atoms with van der Waals surface area (Å²) < 4.78 is 6.50. The lowest BCUT2D eigenvalue weighted by Crippen LogP contribution is -2.60. The van der Waals surface area contributed by atoms with Crippen LogP contribution in [-0.4, -0.2) is 36.4 Å². The second-order valence-electron chi connectivity index (χ2n) is 8.22. The molecule has 1 rings (SSSR count). The quantitative estimate of drug-likeness (QED) is 0.359. The number of nitrogens with zero attached hydrogens (tertiary/aromatic N) is 1. The van der Waals surface area contributed by atoms with E-state index < -0.39 is 25.1 Å². The first kappa shape index (κ1) is 22.8. The van der Waals surface area contributed by atoms with Crippen LogP contribution < -0.4 is 10.1 Å². The van der Waals surface area contributed by atoms with Crippen LogP contribution in [0.25, 0.3) is 0 Å². The van der Waals surface area contributed by atoms with Gasteiger partial charge in [0.15, 0.2) is 0 Å². The molecule has 0 fully saturated rings. The molecule has 0 bridgehead atoms. The van der Waals surface area contributed by atoms with Gasteiger partial charge in [-0.2, -0.15) is 0 Å². The molecular weight excluding hydrogens is 436 g/mol. The van der Waals surface area contributed by atoms with E-state index in [0.29, 0.717) is 21.8 Å². The molecule has 8 heteroatoms. The Morgan fingerprint density at radius 2 is 2.04 bits per heavy atom. The molecule has 5 nitrogen and oxygen atoms in total. The van der Waals surface area contributed by atoms with E-state index in [4.69, 9.17) is 16.3 Å². The van der Waals surface area contributed by atoms with E-state index in [1.54, 1.807) is 6.07 Å². The van der Waals surface area contributed by atoms with Gasteiger partial charge in [-0.1, -0.05) is 52.0 Å². The van der Waals surface area contributed by atoms with Crippen molar-refractivity contribution in [1.82, 2.24) is 10.3 Å². The lowest BCUT2D eigenvalue weighted by molar-refractivity contribution is 0.0723. The summed E-state index contributed by atoms with van der Waals surface area (Å²) in [5.41, 5.74) is 2.00. The van der Waals surface area contributed by atoms with Gasteiger partial charge in [0.05, 0.1) is 16.2 Å². The molecule has 144 valence electrons. The van der Waals surface area contributed by atoms with Gasteiger partial charge in [-0.15, -0.1) is 11.5 Å². The van der Waals surface area contributed by atoms with E-state index in [9.17, 15) is 9.90 Å². The van der Waals surface area contributed by atoms with Crippen LogP contribution in [0.3, 0.4) is 0 Å². The van der Waals surface area contributed by atoms with Crippen LogP contribution in [0.2, 0.25) is 24.8 Å². The van der Waals surface area contributed by atoms with Gasteiger partial charge >= 0.3 is 6.09 Å². The number of carbonyl (C=O) groups is 1. The van der Waals surface area contributed by atoms with E-state index in [1.165, 1.54) is 6.20 Å². The van der Waals surface area contributed by atoms with Crippen LogP contribution in [0, 0.1) is 16.9 Å². The molecule has 0 aromatic carbocycles. The van der Waals surface area contributed by atoms with E-state index in [1.807, 2.05) is 20.8 Å². The zero-order valence-corrected chi connectivity index (χ0v) is 19.4. The summed E-state index contributed by atoms with van der Waals surface area (Å²) in [5, 5.41) is 12.4. The molecule has 0 saturated carbocycles. The highest BCUT2D eigenvalue weighted by molar-refractivity contribution is 9.10. The monoisotopic (exact) mass is 460 g/mol. The summed E-state index contributed by atoms with van der Waals surface area (Å²) in [5.74, 6) is 3.70. The van der Waals surface area contributed by atoms with Gasteiger partial charge in [0.25, 0.3) is 0 Å². The number of amides is 1. The van der Waals surface area contributed by atoms with Gasteiger partial charge in [0, 0.05) is 6.42 Å². The maximum atomic E-state index is 11.5. The van der Waals surface area contributed by atoms with Crippen LogP contribution in [0.1, 0.15) is 27.2 Å². The van der Waals surface area contributed by atoms with Crippen molar-refractivity contribution in [1.29, 1.82) is 0 Å². The number of halogens is 2. The van der Waals surface area contributed by atoms with E-state index in [2.05, 4.69) is 57.3 Å². The van der Waals surface area contributed by atoms with Crippen molar-refractivity contribution in [2.24, 2.45) is 5.41 Å². The van der Waals surface area contributed by atoms with Crippen molar-refractivity contribution >= 4 is 41.7 Å². The van der Waals surface area contributed by atoms with Gasteiger partial charge in [0.2, 0.25) is 0 Å². The molecular formula is C18H26BrClN2O3Si. The molecule has 0 aliphatic rings. The van der Waals surface area contributed by atoms with Crippen molar-refractivity contribution in [3.63, 3.8) is 0 Å². The first-order valence-electron chi connectivity index (χ1n) is 8.21. The SMILES string of the molecule is CC(C)(C)[C@@](CC#C[Si](C)(C)C)(COc1cnc(Cl)c(Br)c1)NC(=O)O. The highest BCUT2D eigenvalue weighted by Crippen LogP contribution is 2.34. The number of ether oxygens (including phenoxy) is 1. The number of rotatable bonds is 5. The molecule has 26 heavy (non-hydrogen) atoms. The molecule has 1 heterocycles. The number of hydrogen-bond donors (Lipinski definition) is 2. The van der Waals surface area contributed by atoms with Crippen LogP contribution >= 0.6 is 27.5 Å². The maximum absolute atomic E-state index is 11.5. The van der Waals surface area contributed by atoms with Crippen LogP contribution in [-0.2, 0) is 0 Å². The molecule has 1 amide bonds. The number of pyridine rings is 1. The molecule has 1 aromatic heterocycles. The molecule has 0 saturated heterocycles. The first-order valence-corrected chi connectivity index (χ1v) is 12.9. The molecule has 0 aliphatic heterocycles. The largest absolute Gasteiger partial charge is 0.489 e. The molecule has 0 radical (unpaired) electrons. The average Bonchev–Trinajstić information content (AvgIpc) is 2.45. The maximum Gasteiger partial charge on any atom is 0.405 e. The molecule has 1 aromatic rings. The molecule has 0 aliphatic carbocycles. The van der Waals surface area contributed by atoms with Gasteiger partial charge in [-0.25, -0.2) is 9.78 Å². The Kier molecular flexibility index (Phi) is 7.58. The fourth-order valence-corrected chi connectivity index (χ4v) is 3.20. The van der Waals surface area contributed by atoms with Crippen LogP contribution in [0.4, 0.5) is 4.79 Å². The van der Waals surface area contributed by atoms with Crippen LogP contribution in [0.15, 0.2) is 16.7 Å². The Bertz CT molecular complexity index is 720. The van der Waals surface area contributed by atoms with Crippen molar-refractivity contribution in [2.45, 2.75) is 52.4 Å². The second kappa shape index (κ2) is 8.64. The Hall–Kier alpha value is -1.23. The van der Waals surface area contributed by atoms with Gasteiger partial charge < -0.3 is 15.2 Å². The van der Waals surface area contributed by atoms with Crippen molar-refractivity contribution < 1.29 is 14.6 Å². The molecule has 2 N–H and O–H groups in total. The van der Waals surface area contributed by atoms with Crippen molar-refractivity contribution in [2.75, 3.05) is 6.61 Å². The Morgan fingerprint density at radius 3 is 2.50 bits per heavy atom. The minimum absolute atomic E-state index is 0.124. The third-order valence-electron chi connectivity index (χ3n) is 3.89. The summed E-state index contributed by atoms with van der Waals surface area (Å²) in [6.45, 7) is 12.5. The topological polar surface area (TPSA) is 71.5 Å². The lowest BCUT2D eigenvalue weighted by Gasteiger charge is -2.43. The Labute approximate surface area is 170 Å². The van der Waals surface area contributed by atoms with Crippen LogP contribution in [0.5, 0.6) is 5.75 Å². The third kappa shape index (κ3) is 6.82. The summed E-state index contributed by atoms with van der Waals surface area (Å²) in [7, 11) is -1.56. The fraction of sp³-hybridized carbons (Fsp3) is 0.556. The molecule has 0 spiro atoms. The predicted molar refractivity (Wildman–Crippen MR) is 112 cm³/mol. The number of carboxylic acid groups (broad SMARTS) is 1. The Morgan fingerprint density at radius 1 is 1.42 bits per heavy atom. The lowest BCUT2D eigenvalue weighted by atomic mass is 9.72. The zero-order chi connectivity index (χ0) is 20.2. The minimum Gasteiger partial charge on any atom is -0.489 e. The standard InChI is InChI=1S/C18H26BrClN2O3Si/c1-17(2,3)18(22-16(23)24,8-7-9-26(4,5)6)12-25-13-10-14(19)15(20)21-11-13/h10-11,22H,8,12H2,1-6H3,(H,23,24)/t18-/m1/s1. The molecule has 0 unspecified atom stereocenters. The highest BCUT2D eigenvalue weighted by Gasteiger charge is 2.44. The van der Waals surface area contributed by atoms with Gasteiger partial charge in [-0.05, 0) is 27.4 Å². The van der Waals surface area contributed by atoms with Gasteiger partial charge in [-0.3, -0.25) is 0 Å². The predicted octanol–water partition coefficient (Wildman–Crippen LogP) is 5.20. The number of nitrogens with one attached hydrogen (secondary N) is 1. The number of hydrogen-bond acceptors (Lipinski definition) is 3. The summed E-state index contributed by atoms with van der Waals surface area (Å²) in [4.78, 5) is 15.5. The first-order chi connectivity index (χ1) is 11.8. The van der Waals surface area contributed by atoms with E-state index in [0.717, 1.165) is 0 Å². The summed E-state index contributed by atoms with van der Waals surface area (Å²) >= 11 is 9.21. The van der Waals surface area contributed by atoms with E-state index >= 15 is 0 Å². The summed E-state index contributed by atoms with van der Waals surface area (Å²) in [6.07, 6.45) is 0.762. The zero-order valence-electron chi connectivity index (χ0n) is 16.0. The third-order valence-corrected chi connectivity index (χ3v) is 5.95. The highest BCUT2D eigenvalue weighted by atomic mass is 79.9. The number of aromatic nitrogens is 1. The smallest absolute Gasteiger partial charge is 0.405 e. The second-order valence-corrected chi connectivity index (χ2v) is 14.2. The minimum atomic E-state index is -1.56. The normalized spacial score (nSPS) is 14.0. The van der Waals surface area contributed by atoms with Crippen molar-refractivity contribution in [3.05, 3.63) is 21.9 Å². The van der Waals surface area contributed by atoms with Gasteiger partial charge in [0.1, 0.15) is 25.6 Å². The summed E-state index contributed by atoms with van der Waals surface area (Å²) in [6, 6.07) is 1.71. The fourth-order valence-electron chi connectivity index (χ4n) is 2.15. The average molecular weight is 462 g/mol. The molecule has 1 atom stereocenters. The van der Waals surface area contributed by atoms with E-state index in [-0.39, 0.29) is 6.61 Å². The Balaban J connectivity index is 3.16.